The number of carbonyl (C=O) groups excluding carboxylic acids is 5. The Morgan fingerprint density at radius 2 is 1.52 bits per heavy atom. The largest absolute Gasteiger partial charge is 0.497 e. The monoisotopic (exact) mass is 545 g/mol. The first-order valence-electron chi connectivity index (χ1n) is 12.4. The van der Waals surface area contributed by atoms with Gasteiger partial charge in [0.25, 0.3) is 11.8 Å². The molecule has 3 aromatic rings. The summed E-state index contributed by atoms with van der Waals surface area (Å²) in [7, 11) is 3.16. The Kier molecular flexibility index (Phi) is 10.8. The van der Waals surface area contributed by atoms with Crippen molar-refractivity contribution in [1.82, 2.24) is 16.0 Å². The number of para-hydroxylation sites is 1. The number of likely N-dealkylation sites (N-methyl/N-ethyl adjacent to an activating group) is 1. The molecule has 3 rings (SSSR count). The van der Waals surface area contributed by atoms with Gasteiger partial charge in [-0.2, -0.15) is 0 Å². The summed E-state index contributed by atoms with van der Waals surface area (Å²) >= 11 is 0. The maximum atomic E-state index is 13.5. The van der Waals surface area contributed by atoms with E-state index >= 15 is 0 Å². The molecule has 0 saturated heterocycles. The van der Waals surface area contributed by atoms with E-state index in [-0.39, 0.29) is 24.6 Å². The topological polar surface area (TPSA) is 146 Å². The summed E-state index contributed by atoms with van der Waals surface area (Å²) in [4.78, 5) is 62.9. The third-order valence-corrected chi connectivity index (χ3v) is 5.88. The smallest absolute Gasteiger partial charge is 0.253 e. The minimum Gasteiger partial charge on any atom is -0.497 e. The van der Waals surface area contributed by atoms with E-state index in [0.717, 1.165) is 0 Å². The predicted octanol–water partition coefficient (Wildman–Crippen LogP) is 1.67. The molecule has 0 bridgehead atoms. The minimum atomic E-state index is -1.00. The highest BCUT2D eigenvalue weighted by atomic mass is 16.5. The number of hydrogen-bond donors (Lipinski definition) is 4. The van der Waals surface area contributed by atoms with E-state index in [0.29, 0.717) is 29.0 Å². The van der Waals surface area contributed by atoms with Gasteiger partial charge in [-0.3, -0.25) is 19.2 Å². The average molecular weight is 546 g/mol. The Morgan fingerprint density at radius 1 is 0.850 bits per heavy atom. The summed E-state index contributed by atoms with van der Waals surface area (Å²) in [5, 5.41) is 10.5. The lowest BCUT2D eigenvalue weighted by Gasteiger charge is -2.25. The fourth-order valence-corrected chi connectivity index (χ4v) is 3.76. The van der Waals surface area contributed by atoms with E-state index in [1.54, 1.807) is 93.0 Å². The van der Waals surface area contributed by atoms with Gasteiger partial charge in [-0.25, -0.2) is 0 Å². The molecule has 0 saturated carbocycles. The Bertz CT molecular complexity index is 1330. The van der Waals surface area contributed by atoms with Crippen LogP contribution in [0.4, 0.5) is 11.4 Å². The number of nitrogens with zero attached hydrogens (tertiary/aromatic N) is 1. The minimum absolute atomic E-state index is 0.111. The molecule has 40 heavy (non-hydrogen) atoms. The van der Waals surface area contributed by atoms with Gasteiger partial charge in [0.2, 0.25) is 11.8 Å². The molecule has 0 aliphatic carbocycles. The fourth-order valence-electron chi connectivity index (χ4n) is 3.76. The van der Waals surface area contributed by atoms with Crippen LogP contribution in [0.2, 0.25) is 0 Å². The van der Waals surface area contributed by atoms with Crippen LogP contribution in [-0.4, -0.2) is 63.7 Å². The quantitative estimate of drug-likeness (QED) is 0.239. The van der Waals surface area contributed by atoms with Gasteiger partial charge in [-0.05, 0) is 42.0 Å². The maximum absolute atomic E-state index is 13.5. The van der Waals surface area contributed by atoms with Crippen LogP contribution in [0, 0.1) is 0 Å². The summed E-state index contributed by atoms with van der Waals surface area (Å²) in [6, 6.07) is 21.2. The molecular formula is C29H31N5O6. The zero-order valence-electron chi connectivity index (χ0n) is 22.2. The average Bonchev–Trinajstić information content (AvgIpc) is 3.00. The van der Waals surface area contributed by atoms with Crippen LogP contribution in [-0.2, 0) is 19.2 Å². The standard InChI is InChI=1S/C29H31N5O6/c1-34(21-12-14-22(40-2)15-13-21)29(39)27(20-8-4-3-5-9-20)33-26(37)19-32-28(38)23-10-6-7-11-24(23)31-18-25(36)30-16-17-35/h3-15,17,27,31H,16,18-19H2,1-2H3,(H,30,36)(H,32,38)(H,33,37). The number of aldehydes is 1. The Balaban J connectivity index is 1.66. The van der Waals surface area contributed by atoms with Crippen LogP contribution in [0.5, 0.6) is 5.75 Å². The van der Waals surface area contributed by atoms with Crippen LogP contribution >= 0.6 is 0 Å². The van der Waals surface area contributed by atoms with Crippen molar-refractivity contribution in [3.8, 4) is 5.75 Å². The molecular weight excluding hydrogens is 514 g/mol. The summed E-state index contributed by atoms with van der Waals surface area (Å²) in [6.45, 7) is -0.656. The van der Waals surface area contributed by atoms with Crippen molar-refractivity contribution in [2.45, 2.75) is 6.04 Å². The molecule has 208 valence electrons. The highest BCUT2D eigenvalue weighted by Gasteiger charge is 2.27. The molecule has 4 N–H and O–H groups in total. The van der Waals surface area contributed by atoms with Crippen molar-refractivity contribution >= 4 is 41.3 Å². The number of anilines is 2. The number of hydrogen-bond acceptors (Lipinski definition) is 7. The normalized spacial score (nSPS) is 10.9. The molecule has 0 aromatic heterocycles. The molecule has 0 spiro atoms. The molecule has 11 nitrogen and oxygen atoms in total. The summed E-state index contributed by atoms with van der Waals surface area (Å²) < 4.78 is 5.17. The zero-order valence-corrected chi connectivity index (χ0v) is 22.2. The third-order valence-electron chi connectivity index (χ3n) is 5.88. The highest BCUT2D eigenvalue weighted by Crippen LogP contribution is 2.22. The van der Waals surface area contributed by atoms with E-state index in [1.807, 2.05) is 0 Å². The van der Waals surface area contributed by atoms with Crippen LogP contribution in [0.15, 0.2) is 78.9 Å². The lowest BCUT2D eigenvalue weighted by atomic mass is 10.1. The van der Waals surface area contributed by atoms with Gasteiger partial charge in [-0.15, -0.1) is 0 Å². The Hall–Kier alpha value is -5.19. The van der Waals surface area contributed by atoms with Crippen LogP contribution in [0.1, 0.15) is 22.0 Å². The van der Waals surface area contributed by atoms with Crippen molar-refractivity contribution in [2.75, 3.05) is 44.0 Å². The SMILES string of the molecule is COc1ccc(N(C)C(=O)C(NC(=O)CNC(=O)c2ccccc2NCC(=O)NCC=O)c2ccccc2)cc1. The highest BCUT2D eigenvalue weighted by molar-refractivity contribution is 6.03. The van der Waals surface area contributed by atoms with Crippen LogP contribution in [0.25, 0.3) is 0 Å². The van der Waals surface area contributed by atoms with Crippen molar-refractivity contribution in [3.63, 3.8) is 0 Å². The van der Waals surface area contributed by atoms with E-state index in [2.05, 4.69) is 21.3 Å². The molecule has 0 heterocycles. The molecule has 11 heteroatoms. The predicted molar refractivity (Wildman–Crippen MR) is 150 cm³/mol. The van der Waals surface area contributed by atoms with Gasteiger partial charge < -0.3 is 35.7 Å². The molecule has 0 aliphatic rings. The molecule has 3 aromatic carbocycles. The van der Waals surface area contributed by atoms with Gasteiger partial charge in [0, 0.05) is 18.4 Å². The van der Waals surface area contributed by atoms with Gasteiger partial charge >= 0.3 is 0 Å². The van der Waals surface area contributed by atoms with Gasteiger partial charge in [0.05, 0.1) is 32.3 Å². The summed E-state index contributed by atoms with van der Waals surface area (Å²) in [5.74, 6) is -1.27. The van der Waals surface area contributed by atoms with Crippen molar-refractivity contribution in [3.05, 3.63) is 90.0 Å². The number of nitrogens with one attached hydrogen (secondary N) is 4. The number of rotatable bonds is 13. The van der Waals surface area contributed by atoms with Gasteiger partial charge in [0.1, 0.15) is 18.1 Å². The fraction of sp³-hybridized carbons (Fsp3) is 0.207. The number of amides is 4. The van der Waals surface area contributed by atoms with Crippen molar-refractivity contribution in [1.29, 1.82) is 0 Å². The lowest BCUT2D eigenvalue weighted by Crippen LogP contribution is -2.45. The second kappa shape index (κ2) is 14.7. The van der Waals surface area contributed by atoms with E-state index in [9.17, 15) is 24.0 Å². The van der Waals surface area contributed by atoms with Crippen LogP contribution in [0.3, 0.4) is 0 Å². The first-order chi connectivity index (χ1) is 19.3. The third kappa shape index (κ3) is 8.15. The second-order valence-electron chi connectivity index (χ2n) is 8.56. The Morgan fingerprint density at radius 3 is 2.20 bits per heavy atom. The second-order valence-corrected chi connectivity index (χ2v) is 8.56. The van der Waals surface area contributed by atoms with Crippen LogP contribution < -0.4 is 30.9 Å². The molecule has 0 radical (unpaired) electrons. The molecule has 0 fully saturated rings. The van der Waals surface area contributed by atoms with E-state index < -0.39 is 30.3 Å². The molecule has 0 aliphatic heterocycles. The first kappa shape index (κ1) is 29.4. The van der Waals surface area contributed by atoms with E-state index in [1.165, 1.54) is 4.90 Å². The summed E-state index contributed by atoms with van der Waals surface area (Å²) in [6.07, 6.45) is 0.567. The molecule has 4 amide bonds. The number of ether oxygens (including phenoxy) is 1. The molecule has 1 atom stereocenters. The van der Waals surface area contributed by atoms with E-state index in [4.69, 9.17) is 4.74 Å². The number of carbonyl (C=O) groups is 5. The first-order valence-corrected chi connectivity index (χ1v) is 12.4. The summed E-state index contributed by atoms with van der Waals surface area (Å²) in [5.41, 5.74) is 1.78. The van der Waals surface area contributed by atoms with Gasteiger partial charge in [0.15, 0.2) is 0 Å². The van der Waals surface area contributed by atoms with Crippen molar-refractivity contribution < 1.29 is 28.7 Å². The number of methoxy groups -OCH3 is 1. The van der Waals surface area contributed by atoms with Crippen molar-refractivity contribution in [2.24, 2.45) is 0 Å². The molecule has 1 unspecified atom stereocenters. The maximum Gasteiger partial charge on any atom is 0.253 e. The van der Waals surface area contributed by atoms with Gasteiger partial charge in [-0.1, -0.05) is 42.5 Å². The Labute approximate surface area is 231 Å². The number of benzene rings is 3. The zero-order chi connectivity index (χ0) is 28.9. The lowest BCUT2D eigenvalue weighted by molar-refractivity contribution is -0.127.